The minimum absolute atomic E-state index is 0.398. The number of aryl methyl sites for hydroxylation is 1. The van der Waals surface area contributed by atoms with Gasteiger partial charge in [0.15, 0.2) is 0 Å². The summed E-state index contributed by atoms with van der Waals surface area (Å²) in [5, 5.41) is 1.63. The third kappa shape index (κ3) is 5.07. The van der Waals surface area contributed by atoms with Gasteiger partial charge in [-0.3, -0.25) is 0 Å². The molecule has 0 amide bonds. The molecule has 0 heterocycles. The van der Waals surface area contributed by atoms with Gasteiger partial charge in [0.2, 0.25) is 0 Å². The molecule has 2 aromatic rings. The van der Waals surface area contributed by atoms with E-state index in [0.29, 0.717) is 12.3 Å². The SMILES string of the molecule is CN(CCCc1ccccc1)Oc1ccc(C(F)(F)F)cc1. The highest BCUT2D eigenvalue weighted by atomic mass is 19.4. The van der Waals surface area contributed by atoms with Crippen molar-refractivity contribution in [1.82, 2.24) is 5.06 Å². The maximum Gasteiger partial charge on any atom is 0.416 e. The number of rotatable bonds is 6. The van der Waals surface area contributed by atoms with Crippen molar-refractivity contribution in [2.24, 2.45) is 0 Å². The van der Waals surface area contributed by atoms with Gasteiger partial charge in [-0.25, -0.2) is 0 Å². The largest absolute Gasteiger partial charge is 0.416 e. The Kier molecular flexibility index (Phi) is 5.44. The molecule has 2 rings (SSSR count). The fourth-order valence-electron chi connectivity index (χ4n) is 2.08. The molecule has 0 saturated carbocycles. The van der Waals surface area contributed by atoms with Crippen molar-refractivity contribution in [2.75, 3.05) is 13.6 Å². The van der Waals surface area contributed by atoms with E-state index >= 15 is 0 Å². The number of hydroxylamine groups is 2. The Morgan fingerprint density at radius 1 is 0.955 bits per heavy atom. The Morgan fingerprint density at radius 2 is 1.59 bits per heavy atom. The first-order valence-corrected chi connectivity index (χ1v) is 7.05. The molecule has 0 N–H and O–H groups in total. The minimum Gasteiger partial charge on any atom is -0.406 e. The maximum atomic E-state index is 12.5. The van der Waals surface area contributed by atoms with Crippen molar-refractivity contribution >= 4 is 0 Å². The highest BCUT2D eigenvalue weighted by Gasteiger charge is 2.30. The lowest BCUT2D eigenvalue weighted by Gasteiger charge is -2.18. The second-order valence-corrected chi connectivity index (χ2v) is 5.05. The van der Waals surface area contributed by atoms with Gasteiger partial charge in [-0.2, -0.15) is 13.2 Å². The summed E-state index contributed by atoms with van der Waals surface area (Å²) in [5.41, 5.74) is 0.581. The van der Waals surface area contributed by atoms with Crippen LogP contribution in [0.3, 0.4) is 0 Å². The van der Waals surface area contributed by atoms with E-state index in [2.05, 4.69) is 12.1 Å². The molecule has 0 aromatic heterocycles. The smallest absolute Gasteiger partial charge is 0.406 e. The number of halogens is 3. The predicted octanol–water partition coefficient (Wildman–Crippen LogP) is 4.56. The van der Waals surface area contributed by atoms with E-state index in [-0.39, 0.29) is 0 Å². The van der Waals surface area contributed by atoms with Gasteiger partial charge in [-0.05, 0) is 42.7 Å². The van der Waals surface area contributed by atoms with E-state index in [1.165, 1.54) is 17.7 Å². The summed E-state index contributed by atoms with van der Waals surface area (Å²) < 4.78 is 37.4. The van der Waals surface area contributed by atoms with Crippen LogP contribution in [0.1, 0.15) is 17.5 Å². The Morgan fingerprint density at radius 3 is 2.18 bits per heavy atom. The van der Waals surface area contributed by atoms with Crippen molar-refractivity contribution in [3.05, 3.63) is 65.7 Å². The highest BCUT2D eigenvalue weighted by Crippen LogP contribution is 2.30. The number of alkyl halides is 3. The van der Waals surface area contributed by atoms with Gasteiger partial charge in [0.05, 0.1) is 5.56 Å². The van der Waals surface area contributed by atoms with Crippen molar-refractivity contribution in [3.63, 3.8) is 0 Å². The molecular weight excluding hydrogens is 291 g/mol. The molecule has 118 valence electrons. The van der Waals surface area contributed by atoms with Crippen LogP contribution in [0.5, 0.6) is 5.75 Å². The summed E-state index contributed by atoms with van der Waals surface area (Å²) in [5.74, 6) is 0.398. The van der Waals surface area contributed by atoms with E-state index in [1.807, 2.05) is 18.2 Å². The first-order valence-electron chi connectivity index (χ1n) is 7.05. The summed E-state index contributed by atoms with van der Waals surface area (Å²) in [4.78, 5) is 5.49. The van der Waals surface area contributed by atoms with Crippen molar-refractivity contribution in [2.45, 2.75) is 19.0 Å². The normalized spacial score (nSPS) is 11.7. The van der Waals surface area contributed by atoms with Crippen LogP contribution in [-0.2, 0) is 12.6 Å². The van der Waals surface area contributed by atoms with Gasteiger partial charge >= 0.3 is 6.18 Å². The monoisotopic (exact) mass is 309 g/mol. The minimum atomic E-state index is -4.32. The molecule has 0 saturated heterocycles. The van der Waals surface area contributed by atoms with Gasteiger partial charge in [0, 0.05) is 13.6 Å². The molecule has 5 heteroatoms. The third-order valence-electron chi connectivity index (χ3n) is 3.22. The average molecular weight is 309 g/mol. The molecule has 2 aromatic carbocycles. The number of benzene rings is 2. The Labute approximate surface area is 128 Å². The van der Waals surface area contributed by atoms with Crippen LogP contribution in [0.2, 0.25) is 0 Å². The molecular formula is C17H18F3NO. The van der Waals surface area contributed by atoms with Crippen LogP contribution in [0.25, 0.3) is 0 Å². The quantitative estimate of drug-likeness (QED) is 0.725. The Bertz CT molecular complexity index is 567. The molecule has 0 aliphatic carbocycles. The first-order chi connectivity index (χ1) is 10.4. The number of nitrogens with zero attached hydrogens (tertiary/aromatic N) is 1. The second-order valence-electron chi connectivity index (χ2n) is 5.05. The van der Waals surface area contributed by atoms with E-state index in [9.17, 15) is 13.2 Å². The zero-order chi connectivity index (χ0) is 16.0. The van der Waals surface area contributed by atoms with Gasteiger partial charge in [-0.1, -0.05) is 30.3 Å². The second kappa shape index (κ2) is 7.31. The van der Waals surface area contributed by atoms with Gasteiger partial charge in [-0.15, -0.1) is 5.06 Å². The van der Waals surface area contributed by atoms with E-state index in [0.717, 1.165) is 25.0 Å². The summed E-state index contributed by atoms with van der Waals surface area (Å²) in [6.07, 6.45) is -2.48. The van der Waals surface area contributed by atoms with Crippen LogP contribution in [0.4, 0.5) is 13.2 Å². The molecule has 0 radical (unpaired) electrons. The fourth-order valence-corrected chi connectivity index (χ4v) is 2.08. The van der Waals surface area contributed by atoms with Crippen LogP contribution in [0, 0.1) is 0 Å². The van der Waals surface area contributed by atoms with Crippen LogP contribution in [-0.4, -0.2) is 18.7 Å². The lowest BCUT2D eigenvalue weighted by molar-refractivity contribution is -0.137. The highest BCUT2D eigenvalue weighted by molar-refractivity contribution is 5.28. The van der Waals surface area contributed by atoms with Gasteiger partial charge in [0.25, 0.3) is 0 Å². The zero-order valence-corrected chi connectivity index (χ0v) is 12.3. The topological polar surface area (TPSA) is 12.5 Å². The van der Waals surface area contributed by atoms with E-state index < -0.39 is 11.7 Å². The molecule has 0 atom stereocenters. The predicted molar refractivity (Wildman–Crippen MR) is 79.5 cm³/mol. The van der Waals surface area contributed by atoms with Crippen molar-refractivity contribution in [3.8, 4) is 5.75 Å². The lowest BCUT2D eigenvalue weighted by atomic mass is 10.1. The zero-order valence-electron chi connectivity index (χ0n) is 12.3. The average Bonchev–Trinajstić information content (AvgIpc) is 2.48. The summed E-state index contributed by atoms with van der Waals surface area (Å²) in [7, 11) is 1.77. The van der Waals surface area contributed by atoms with Crippen LogP contribution < -0.4 is 4.84 Å². The van der Waals surface area contributed by atoms with Crippen LogP contribution in [0.15, 0.2) is 54.6 Å². The van der Waals surface area contributed by atoms with Crippen molar-refractivity contribution < 1.29 is 18.0 Å². The molecule has 0 aliphatic heterocycles. The summed E-state index contributed by atoms with van der Waals surface area (Å²) in [6, 6.07) is 14.8. The molecule has 0 unspecified atom stereocenters. The number of hydrogen-bond acceptors (Lipinski definition) is 2. The maximum absolute atomic E-state index is 12.5. The van der Waals surface area contributed by atoms with Crippen LogP contribution >= 0.6 is 0 Å². The molecule has 0 bridgehead atoms. The summed E-state index contributed by atoms with van der Waals surface area (Å²) in [6.45, 7) is 0.690. The summed E-state index contributed by atoms with van der Waals surface area (Å²) >= 11 is 0. The van der Waals surface area contributed by atoms with Crippen molar-refractivity contribution in [1.29, 1.82) is 0 Å². The Balaban J connectivity index is 1.78. The fraction of sp³-hybridized carbons (Fsp3) is 0.294. The molecule has 22 heavy (non-hydrogen) atoms. The van der Waals surface area contributed by atoms with Gasteiger partial charge in [0.1, 0.15) is 5.75 Å². The third-order valence-corrected chi connectivity index (χ3v) is 3.22. The molecule has 0 fully saturated rings. The molecule has 0 aliphatic rings. The standard InChI is InChI=1S/C17H18F3NO/c1-21(13-5-8-14-6-3-2-4-7-14)22-16-11-9-15(10-12-16)17(18,19)20/h2-4,6-7,9-12H,5,8,13H2,1H3. The molecule has 2 nitrogen and oxygen atoms in total. The van der Waals surface area contributed by atoms with E-state index in [1.54, 1.807) is 12.1 Å². The van der Waals surface area contributed by atoms with E-state index in [4.69, 9.17) is 4.84 Å². The molecule has 0 spiro atoms. The lowest BCUT2D eigenvalue weighted by Crippen LogP contribution is -2.24. The van der Waals surface area contributed by atoms with Gasteiger partial charge < -0.3 is 4.84 Å². The number of hydrogen-bond donors (Lipinski definition) is 0. The Hall–Kier alpha value is -2.01. The first kappa shape index (κ1) is 16.4.